The smallest absolute Gasteiger partial charge is 0.313 e. The van der Waals surface area contributed by atoms with Gasteiger partial charge < -0.3 is 4.74 Å². The van der Waals surface area contributed by atoms with Gasteiger partial charge in [-0.3, -0.25) is 4.79 Å². The van der Waals surface area contributed by atoms with Crippen molar-refractivity contribution >= 4 is 5.97 Å². The van der Waals surface area contributed by atoms with Crippen LogP contribution in [0.3, 0.4) is 0 Å². The van der Waals surface area contributed by atoms with E-state index < -0.39 is 0 Å². The van der Waals surface area contributed by atoms with Crippen LogP contribution >= 0.6 is 0 Å². The van der Waals surface area contributed by atoms with Gasteiger partial charge in [0.25, 0.3) is 0 Å². The zero-order valence-electron chi connectivity index (χ0n) is 7.26. The van der Waals surface area contributed by atoms with Crippen LogP contribution < -0.4 is 0 Å². The van der Waals surface area contributed by atoms with Gasteiger partial charge in [-0.15, -0.1) is 0 Å². The molecule has 0 aliphatic heterocycles. The summed E-state index contributed by atoms with van der Waals surface area (Å²) in [6.07, 6.45) is 3.06. The molecule has 0 spiro atoms. The second-order valence-corrected chi connectivity index (χ2v) is 2.80. The molecule has 0 aromatic carbocycles. The van der Waals surface area contributed by atoms with E-state index in [0.717, 1.165) is 6.42 Å². The first kappa shape index (κ1) is 8.31. The SMILES string of the molecule is CC=C1C(CC)C1C(=O)OC. The summed E-state index contributed by atoms with van der Waals surface area (Å²) in [5.74, 6) is 0.465. The van der Waals surface area contributed by atoms with Crippen molar-refractivity contribution < 1.29 is 9.53 Å². The molecule has 2 unspecified atom stereocenters. The maximum absolute atomic E-state index is 11.0. The number of carbonyl (C=O) groups excluding carboxylic acids is 1. The summed E-state index contributed by atoms with van der Waals surface area (Å²) in [5.41, 5.74) is 1.25. The standard InChI is InChI=1S/C9H14O2/c1-4-6-7(5-2)8(6)9(10)11-3/h4,7-8H,5H2,1-3H3. The first-order valence-corrected chi connectivity index (χ1v) is 4.00. The quantitative estimate of drug-likeness (QED) is 0.447. The van der Waals surface area contributed by atoms with Crippen molar-refractivity contribution in [3.8, 4) is 0 Å². The number of allylic oxidation sites excluding steroid dienone is 1. The van der Waals surface area contributed by atoms with Crippen LogP contribution in [0, 0.1) is 11.8 Å². The Morgan fingerprint density at radius 2 is 2.36 bits per heavy atom. The minimum atomic E-state index is -0.0787. The van der Waals surface area contributed by atoms with Crippen LogP contribution in [0.15, 0.2) is 11.6 Å². The highest BCUT2D eigenvalue weighted by molar-refractivity contribution is 5.82. The van der Waals surface area contributed by atoms with Crippen LogP contribution in [-0.2, 0) is 9.53 Å². The molecule has 0 amide bonds. The summed E-state index contributed by atoms with van der Waals surface area (Å²) in [5, 5.41) is 0. The van der Waals surface area contributed by atoms with Crippen molar-refractivity contribution in [1.29, 1.82) is 0 Å². The van der Waals surface area contributed by atoms with Crippen molar-refractivity contribution in [2.45, 2.75) is 20.3 Å². The maximum Gasteiger partial charge on any atom is 0.313 e. The number of ether oxygens (including phenoxy) is 1. The molecule has 1 saturated carbocycles. The summed E-state index contributed by atoms with van der Waals surface area (Å²) in [6.45, 7) is 4.07. The molecule has 1 rings (SSSR count). The lowest BCUT2D eigenvalue weighted by Gasteiger charge is -1.92. The molecular weight excluding hydrogens is 140 g/mol. The first-order chi connectivity index (χ1) is 5.26. The lowest BCUT2D eigenvalue weighted by atomic mass is 10.2. The van der Waals surface area contributed by atoms with E-state index in [2.05, 4.69) is 11.7 Å². The predicted octanol–water partition coefficient (Wildman–Crippen LogP) is 1.76. The topological polar surface area (TPSA) is 26.3 Å². The van der Waals surface area contributed by atoms with Crippen LogP contribution in [0.4, 0.5) is 0 Å². The van der Waals surface area contributed by atoms with Gasteiger partial charge in [0.1, 0.15) is 0 Å². The van der Waals surface area contributed by atoms with Crippen molar-refractivity contribution in [3.63, 3.8) is 0 Å². The van der Waals surface area contributed by atoms with Crippen LogP contribution in [0.2, 0.25) is 0 Å². The molecule has 0 saturated heterocycles. The molecule has 0 N–H and O–H groups in total. The molecule has 0 aromatic heterocycles. The molecule has 2 atom stereocenters. The van der Waals surface area contributed by atoms with E-state index in [4.69, 9.17) is 0 Å². The van der Waals surface area contributed by atoms with Crippen molar-refractivity contribution in [2.75, 3.05) is 7.11 Å². The number of hydrogen-bond acceptors (Lipinski definition) is 2. The van der Waals surface area contributed by atoms with Crippen LogP contribution in [0.1, 0.15) is 20.3 Å². The van der Waals surface area contributed by atoms with Gasteiger partial charge in [-0.05, 0) is 19.3 Å². The van der Waals surface area contributed by atoms with Gasteiger partial charge in [-0.1, -0.05) is 18.6 Å². The van der Waals surface area contributed by atoms with Gasteiger partial charge in [0.15, 0.2) is 0 Å². The van der Waals surface area contributed by atoms with E-state index in [-0.39, 0.29) is 11.9 Å². The Labute approximate surface area is 67.2 Å². The highest BCUT2D eigenvalue weighted by Gasteiger charge is 2.47. The number of rotatable bonds is 2. The van der Waals surface area contributed by atoms with E-state index in [9.17, 15) is 4.79 Å². The second-order valence-electron chi connectivity index (χ2n) is 2.80. The summed E-state index contributed by atoms with van der Waals surface area (Å²) < 4.78 is 4.66. The minimum Gasteiger partial charge on any atom is -0.469 e. The third-order valence-electron chi connectivity index (χ3n) is 2.31. The van der Waals surface area contributed by atoms with Gasteiger partial charge in [-0.2, -0.15) is 0 Å². The average Bonchev–Trinajstić information content (AvgIpc) is 2.76. The molecule has 1 fully saturated rings. The summed E-state index contributed by atoms with van der Waals surface area (Å²) in [7, 11) is 1.45. The summed E-state index contributed by atoms with van der Waals surface area (Å²) >= 11 is 0. The van der Waals surface area contributed by atoms with Crippen LogP contribution in [-0.4, -0.2) is 13.1 Å². The molecule has 11 heavy (non-hydrogen) atoms. The number of hydrogen-bond donors (Lipinski definition) is 0. The molecule has 2 nitrogen and oxygen atoms in total. The van der Waals surface area contributed by atoms with Crippen LogP contribution in [0.5, 0.6) is 0 Å². The van der Waals surface area contributed by atoms with E-state index in [1.54, 1.807) is 0 Å². The molecule has 62 valence electrons. The average molecular weight is 154 g/mol. The number of carbonyl (C=O) groups is 1. The van der Waals surface area contributed by atoms with Crippen molar-refractivity contribution in [3.05, 3.63) is 11.6 Å². The Morgan fingerprint density at radius 3 is 2.64 bits per heavy atom. The molecule has 2 heteroatoms. The lowest BCUT2D eigenvalue weighted by Crippen LogP contribution is -2.03. The Balaban J connectivity index is 2.58. The zero-order chi connectivity index (χ0) is 8.43. The highest BCUT2D eigenvalue weighted by Crippen LogP contribution is 2.48. The molecule has 1 aliphatic carbocycles. The molecule has 0 bridgehead atoms. The Kier molecular flexibility index (Phi) is 2.32. The van der Waals surface area contributed by atoms with E-state index >= 15 is 0 Å². The largest absolute Gasteiger partial charge is 0.469 e. The minimum absolute atomic E-state index is 0.0787. The fourth-order valence-electron chi connectivity index (χ4n) is 1.63. The van der Waals surface area contributed by atoms with E-state index in [1.807, 2.05) is 13.0 Å². The fraction of sp³-hybridized carbons (Fsp3) is 0.667. The van der Waals surface area contributed by atoms with Gasteiger partial charge in [-0.25, -0.2) is 0 Å². The van der Waals surface area contributed by atoms with Gasteiger partial charge in [0, 0.05) is 0 Å². The Morgan fingerprint density at radius 1 is 1.73 bits per heavy atom. The number of methoxy groups -OCH3 is 1. The highest BCUT2D eigenvalue weighted by atomic mass is 16.5. The van der Waals surface area contributed by atoms with Gasteiger partial charge in [0.05, 0.1) is 13.0 Å². The van der Waals surface area contributed by atoms with Gasteiger partial charge >= 0.3 is 5.97 Å². The fourth-order valence-corrected chi connectivity index (χ4v) is 1.63. The predicted molar refractivity (Wildman–Crippen MR) is 43.0 cm³/mol. The first-order valence-electron chi connectivity index (χ1n) is 4.00. The molecular formula is C9H14O2. The lowest BCUT2D eigenvalue weighted by molar-refractivity contribution is -0.142. The Bertz CT molecular complexity index is 194. The number of esters is 1. The molecule has 1 aliphatic rings. The molecule has 0 aromatic rings. The zero-order valence-corrected chi connectivity index (χ0v) is 7.26. The van der Waals surface area contributed by atoms with Gasteiger partial charge in [0.2, 0.25) is 0 Å². The van der Waals surface area contributed by atoms with Crippen molar-refractivity contribution in [2.24, 2.45) is 11.8 Å². The van der Waals surface area contributed by atoms with E-state index in [1.165, 1.54) is 12.7 Å². The third kappa shape index (κ3) is 1.30. The summed E-state index contributed by atoms with van der Waals surface area (Å²) in [4.78, 5) is 11.0. The molecule has 0 heterocycles. The Hall–Kier alpha value is -0.790. The second kappa shape index (κ2) is 3.07. The van der Waals surface area contributed by atoms with Crippen molar-refractivity contribution in [1.82, 2.24) is 0 Å². The van der Waals surface area contributed by atoms with E-state index in [0.29, 0.717) is 5.92 Å². The monoisotopic (exact) mass is 154 g/mol. The molecule has 0 radical (unpaired) electrons. The maximum atomic E-state index is 11.0. The van der Waals surface area contributed by atoms with Crippen LogP contribution in [0.25, 0.3) is 0 Å². The third-order valence-corrected chi connectivity index (χ3v) is 2.31. The summed E-state index contributed by atoms with van der Waals surface area (Å²) in [6, 6.07) is 0. The normalized spacial score (nSPS) is 32.1.